The van der Waals surface area contributed by atoms with Gasteiger partial charge in [0.2, 0.25) is 10.0 Å². The molecule has 1 aromatic carbocycles. The standard InChI is InChI=1S/C23H26N6O3S2/c1-13-3-8-17(34(31,32)28-15-4-6-16(30)7-5-15)9-18(13)20-10-26-23-22(24)27-19(12-29(20)23)21-11-25-14(2)33-21/h3,8-12,15-16,28,30H,4-7H2,1-2H3,(H2,24,27). The number of imidazole rings is 1. The van der Waals surface area contributed by atoms with Crippen LogP contribution in [0.3, 0.4) is 0 Å². The molecule has 0 bridgehead atoms. The second kappa shape index (κ2) is 8.73. The number of nitrogens with two attached hydrogens (primary N) is 1. The molecule has 11 heteroatoms. The fourth-order valence-corrected chi connectivity index (χ4v) is 6.40. The fourth-order valence-electron chi connectivity index (χ4n) is 4.34. The Morgan fingerprint density at radius 2 is 1.91 bits per heavy atom. The molecule has 1 aliphatic carbocycles. The molecule has 5 rings (SSSR count). The molecule has 1 fully saturated rings. The van der Waals surface area contributed by atoms with Gasteiger partial charge < -0.3 is 10.8 Å². The van der Waals surface area contributed by atoms with E-state index in [4.69, 9.17) is 5.73 Å². The van der Waals surface area contributed by atoms with Crippen LogP contribution in [0.25, 0.3) is 27.5 Å². The summed E-state index contributed by atoms with van der Waals surface area (Å²) in [7, 11) is -3.72. The Morgan fingerprint density at radius 3 is 2.62 bits per heavy atom. The van der Waals surface area contributed by atoms with Crippen molar-refractivity contribution in [2.24, 2.45) is 0 Å². The minimum absolute atomic E-state index is 0.176. The van der Waals surface area contributed by atoms with E-state index in [1.54, 1.807) is 30.6 Å². The van der Waals surface area contributed by atoms with Gasteiger partial charge in [-0.15, -0.1) is 11.3 Å². The Bertz CT molecular complexity index is 1470. The number of hydrogen-bond donors (Lipinski definition) is 3. The van der Waals surface area contributed by atoms with Crippen LogP contribution in [-0.2, 0) is 10.0 Å². The van der Waals surface area contributed by atoms with Crippen LogP contribution in [-0.4, -0.2) is 45.0 Å². The van der Waals surface area contributed by atoms with Gasteiger partial charge in [0, 0.05) is 24.0 Å². The molecule has 4 aromatic rings. The summed E-state index contributed by atoms with van der Waals surface area (Å²) in [4.78, 5) is 14.3. The van der Waals surface area contributed by atoms with Gasteiger partial charge in [0.15, 0.2) is 11.5 Å². The Kier molecular flexibility index (Phi) is 5.88. The van der Waals surface area contributed by atoms with Gasteiger partial charge in [0.05, 0.1) is 32.8 Å². The van der Waals surface area contributed by atoms with Crippen LogP contribution in [0.2, 0.25) is 0 Å². The van der Waals surface area contributed by atoms with Crippen LogP contribution < -0.4 is 10.5 Å². The van der Waals surface area contributed by atoms with Gasteiger partial charge in [-0.3, -0.25) is 4.40 Å². The number of aliphatic hydroxyl groups excluding tert-OH is 1. The van der Waals surface area contributed by atoms with Crippen molar-refractivity contribution in [3.8, 4) is 21.8 Å². The summed E-state index contributed by atoms with van der Waals surface area (Å²) in [6.07, 6.45) is 7.41. The number of rotatable bonds is 5. The van der Waals surface area contributed by atoms with E-state index in [9.17, 15) is 13.5 Å². The van der Waals surface area contributed by atoms with E-state index in [2.05, 4.69) is 19.7 Å². The molecule has 1 aliphatic rings. The number of aromatic nitrogens is 4. The maximum absolute atomic E-state index is 13.1. The van der Waals surface area contributed by atoms with E-state index in [-0.39, 0.29) is 22.9 Å². The lowest BCUT2D eigenvalue weighted by Gasteiger charge is -2.26. The lowest BCUT2D eigenvalue weighted by Crippen LogP contribution is -2.38. The van der Waals surface area contributed by atoms with Gasteiger partial charge in [-0.05, 0) is 57.2 Å². The number of nitrogens with one attached hydrogen (secondary N) is 1. The number of thiazole rings is 1. The molecular formula is C23H26N6O3S2. The van der Waals surface area contributed by atoms with Crippen molar-refractivity contribution < 1.29 is 13.5 Å². The smallest absolute Gasteiger partial charge is 0.240 e. The summed E-state index contributed by atoms with van der Waals surface area (Å²) in [5.74, 6) is 0.289. The van der Waals surface area contributed by atoms with Crippen molar-refractivity contribution in [2.45, 2.75) is 56.6 Å². The molecule has 0 amide bonds. The maximum Gasteiger partial charge on any atom is 0.240 e. The van der Waals surface area contributed by atoms with Crippen LogP contribution in [0.1, 0.15) is 36.3 Å². The molecule has 9 nitrogen and oxygen atoms in total. The highest BCUT2D eigenvalue weighted by Gasteiger charge is 2.25. The summed E-state index contributed by atoms with van der Waals surface area (Å²) in [5.41, 5.74) is 9.77. The minimum Gasteiger partial charge on any atom is -0.393 e. The molecule has 0 aliphatic heterocycles. The highest BCUT2D eigenvalue weighted by molar-refractivity contribution is 7.89. The van der Waals surface area contributed by atoms with E-state index in [1.165, 1.54) is 11.3 Å². The number of aliphatic hydroxyl groups is 1. The first kappa shape index (κ1) is 22.9. The second-order valence-electron chi connectivity index (χ2n) is 8.70. The van der Waals surface area contributed by atoms with Crippen LogP contribution in [0.5, 0.6) is 0 Å². The maximum atomic E-state index is 13.1. The number of benzene rings is 1. The number of sulfonamides is 1. The SMILES string of the molecule is Cc1ncc(-c2cn3c(-c4cc(S(=O)(=O)NC5CCC(O)CC5)ccc4C)cnc3c(N)n2)s1. The first-order valence-corrected chi connectivity index (χ1v) is 13.4. The average Bonchev–Trinajstić information content (AvgIpc) is 3.42. The number of nitrogens with zero attached hydrogens (tertiary/aromatic N) is 4. The Morgan fingerprint density at radius 1 is 1.15 bits per heavy atom. The van der Waals surface area contributed by atoms with E-state index >= 15 is 0 Å². The topological polar surface area (TPSA) is 136 Å². The largest absolute Gasteiger partial charge is 0.393 e. The van der Waals surface area contributed by atoms with Crippen molar-refractivity contribution in [1.29, 1.82) is 0 Å². The Labute approximate surface area is 201 Å². The second-order valence-corrected chi connectivity index (χ2v) is 11.6. The third-order valence-electron chi connectivity index (χ3n) is 6.21. The van der Waals surface area contributed by atoms with E-state index in [0.717, 1.165) is 26.7 Å². The quantitative estimate of drug-likeness (QED) is 0.384. The lowest BCUT2D eigenvalue weighted by molar-refractivity contribution is 0.120. The lowest BCUT2D eigenvalue weighted by atomic mass is 9.94. The molecule has 0 radical (unpaired) electrons. The number of aryl methyl sites for hydroxylation is 2. The van der Waals surface area contributed by atoms with Crippen LogP contribution >= 0.6 is 11.3 Å². The van der Waals surface area contributed by atoms with Crippen molar-refractivity contribution in [3.05, 3.63) is 47.4 Å². The van der Waals surface area contributed by atoms with E-state index < -0.39 is 10.0 Å². The van der Waals surface area contributed by atoms with Crippen molar-refractivity contribution in [2.75, 3.05) is 5.73 Å². The normalized spacial score (nSPS) is 19.0. The third-order valence-corrected chi connectivity index (χ3v) is 8.66. The summed E-state index contributed by atoms with van der Waals surface area (Å²) >= 11 is 1.52. The molecule has 3 aromatic heterocycles. The number of nitrogen functional groups attached to an aromatic ring is 1. The fraction of sp³-hybridized carbons (Fsp3) is 0.348. The molecule has 0 unspecified atom stereocenters. The molecular weight excluding hydrogens is 472 g/mol. The molecule has 4 N–H and O–H groups in total. The summed E-state index contributed by atoms with van der Waals surface area (Å²) in [5, 5.41) is 10.6. The average molecular weight is 499 g/mol. The predicted octanol–water partition coefficient (Wildman–Crippen LogP) is 3.30. The molecule has 0 atom stereocenters. The minimum atomic E-state index is -3.72. The van der Waals surface area contributed by atoms with Gasteiger partial charge in [-0.2, -0.15) is 0 Å². The molecule has 0 spiro atoms. The number of hydrogen-bond acceptors (Lipinski definition) is 8. The van der Waals surface area contributed by atoms with E-state index in [0.29, 0.717) is 37.0 Å². The first-order chi connectivity index (χ1) is 16.2. The van der Waals surface area contributed by atoms with Gasteiger partial charge in [-0.25, -0.2) is 28.1 Å². The van der Waals surface area contributed by atoms with Gasteiger partial charge in [0.1, 0.15) is 5.69 Å². The molecule has 1 saturated carbocycles. The zero-order chi connectivity index (χ0) is 24.0. The molecule has 3 heterocycles. The van der Waals surface area contributed by atoms with Crippen molar-refractivity contribution >= 4 is 32.8 Å². The predicted molar refractivity (Wildman–Crippen MR) is 132 cm³/mol. The van der Waals surface area contributed by atoms with Gasteiger partial charge in [-0.1, -0.05) is 6.07 Å². The summed E-state index contributed by atoms with van der Waals surface area (Å²) in [6, 6.07) is 4.91. The Hall–Kier alpha value is -2.86. The first-order valence-electron chi connectivity index (χ1n) is 11.1. The van der Waals surface area contributed by atoms with Crippen molar-refractivity contribution in [1.82, 2.24) is 24.1 Å². The van der Waals surface area contributed by atoms with Crippen LogP contribution in [0.4, 0.5) is 5.82 Å². The third kappa shape index (κ3) is 4.31. The number of fused-ring (bicyclic) bond motifs is 1. The monoisotopic (exact) mass is 498 g/mol. The van der Waals surface area contributed by atoms with Crippen LogP contribution in [0.15, 0.2) is 41.7 Å². The van der Waals surface area contributed by atoms with Crippen molar-refractivity contribution in [3.63, 3.8) is 0 Å². The number of anilines is 1. The molecule has 34 heavy (non-hydrogen) atoms. The van der Waals surface area contributed by atoms with Crippen LogP contribution in [0, 0.1) is 13.8 Å². The summed E-state index contributed by atoms with van der Waals surface area (Å²) in [6.45, 7) is 3.86. The molecule has 0 saturated heterocycles. The molecule has 178 valence electrons. The summed E-state index contributed by atoms with van der Waals surface area (Å²) < 4.78 is 30.9. The van der Waals surface area contributed by atoms with Gasteiger partial charge >= 0.3 is 0 Å². The highest BCUT2D eigenvalue weighted by atomic mass is 32.2. The zero-order valence-electron chi connectivity index (χ0n) is 18.9. The van der Waals surface area contributed by atoms with Gasteiger partial charge in [0.25, 0.3) is 0 Å². The highest BCUT2D eigenvalue weighted by Crippen LogP contribution is 2.32. The Balaban J connectivity index is 1.54. The van der Waals surface area contributed by atoms with E-state index in [1.807, 2.05) is 24.4 Å². The zero-order valence-corrected chi connectivity index (χ0v) is 20.5.